The van der Waals surface area contributed by atoms with Gasteiger partial charge in [0.05, 0.1) is 6.04 Å². The zero-order chi connectivity index (χ0) is 21.0. The molecular formula is C21H26N4O4. The molecule has 1 aromatic heterocycles. The summed E-state index contributed by atoms with van der Waals surface area (Å²) in [6, 6.07) is 8.15. The normalized spacial score (nSPS) is 16.6. The molecule has 0 spiro atoms. The summed E-state index contributed by atoms with van der Waals surface area (Å²) in [6.07, 6.45) is 2.61. The molecule has 1 aromatic carbocycles. The smallest absolute Gasteiger partial charge is 0.273 e. The topological polar surface area (TPSA) is 105 Å². The number of carbonyl (C=O) groups is 3. The van der Waals surface area contributed by atoms with E-state index in [-0.39, 0.29) is 35.5 Å². The maximum atomic E-state index is 13.1. The Kier molecular flexibility index (Phi) is 6.31. The Morgan fingerprint density at radius 3 is 2.55 bits per heavy atom. The molecule has 1 atom stereocenters. The number of hydrogen-bond acceptors (Lipinski definition) is 5. The van der Waals surface area contributed by atoms with Crippen molar-refractivity contribution >= 4 is 23.4 Å². The van der Waals surface area contributed by atoms with Gasteiger partial charge in [-0.1, -0.05) is 5.16 Å². The van der Waals surface area contributed by atoms with Crippen LogP contribution in [0.5, 0.6) is 0 Å². The first-order chi connectivity index (χ1) is 13.8. The lowest BCUT2D eigenvalue weighted by Crippen LogP contribution is -2.38. The number of aromatic nitrogens is 1. The molecule has 29 heavy (non-hydrogen) atoms. The standard InChI is InChI=1S/C21H26N4O4/c1-13(2)22-20(27)17-12-19(29-24-17)18-6-4-5-11-25(18)21(28)15-7-9-16(10-8-15)23-14(3)26/h7-10,12-13,18H,4-6,11H2,1-3H3,(H,22,27)(H,23,26). The summed E-state index contributed by atoms with van der Waals surface area (Å²) in [6.45, 7) is 5.78. The van der Waals surface area contributed by atoms with Gasteiger partial charge in [0.15, 0.2) is 11.5 Å². The fourth-order valence-corrected chi connectivity index (χ4v) is 3.43. The second-order valence-electron chi connectivity index (χ2n) is 7.51. The van der Waals surface area contributed by atoms with Crippen molar-refractivity contribution in [1.29, 1.82) is 0 Å². The minimum absolute atomic E-state index is 0.00382. The van der Waals surface area contributed by atoms with E-state index in [1.54, 1.807) is 35.2 Å². The molecule has 0 aliphatic carbocycles. The van der Waals surface area contributed by atoms with Crippen LogP contribution in [0.15, 0.2) is 34.9 Å². The zero-order valence-electron chi connectivity index (χ0n) is 16.9. The van der Waals surface area contributed by atoms with Gasteiger partial charge < -0.3 is 20.1 Å². The first-order valence-corrected chi connectivity index (χ1v) is 9.81. The van der Waals surface area contributed by atoms with Gasteiger partial charge in [-0.15, -0.1) is 0 Å². The van der Waals surface area contributed by atoms with Crippen molar-refractivity contribution in [2.45, 2.75) is 52.1 Å². The van der Waals surface area contributed by atoms with E-state index in [2.05, 4.69) is 15.8 Å². The van der Waals surface area contributed by atoms with Crippen LogP contribution in [-0.2, 0) is 4.79 Å². The van der Waals surface area contributed by atoms with Crippen LogP contribution in [0.25, 0.3) is 0 Å². The third-order valence-electron chi connectivity index (χ3n) is 4.73. The van der Waals surface area contributed by atoms with E-state index in [4.69, 9.17) is 4.52 Å². The lowest BCUT2D eigenvalue weighted by Gasteiger charge is -2.34. The van der Waals surface area contributed by atoms with E-state index < -0.39 is 0 Å². The van der Waals surface area contributed by atoms with Crippen LogP contribution in [0.3, 0.4) is 0 Å². The number of rotatable bonds is 5. The van der Waals surface area contributed by atoms with Crippen LogP contribution in [0.4, 0.5) is 5.69 Å². The molecule has 154 valence electrons. The molecule has 0 saturated carbocycles. The highest BCUT2D eigenvalue weighted by atomic mass is 16.5. The van der Waals surface area contributed by atoms with E-state index in [9.17, 15) is 14.4 Å². The third-order valence-corrected chi connectivity index (χ3v) is 4.73. The molecule has 8 nitrogen and oxygen atoms in total. The highest BCUT2D eigenvalue weighted by molar-refractivity contribution is 5.96. The van der Waals surface area contributed by atoms with Crippen molar-refractivity contribution in [3.05, 3.63) is 47.3 Å². The van der Waals surface area contributed by atoms with Crippen LogP contribution in [0.2, 0.25) is 0 Å². The molecule has 2 aromatic rings. The van der Waals surface area contributed by atoms with Gasteiger partial charge in [0.25, 0.3) is 11.8 Å². The van der Waals surface area contributed by atoms with Gasteiger partial charge in [0.1, 0.15) is 0 Å². The van der Waals surface area contributed by atoms with E-state index in [1.165, 1.54) is 6.92 Å². The van der Waals surface area contributed by atoms with Crippen molar-refractivity contribution in [1.82, 2.24) is 15.4 Å². The van der Waals surface area contributed by atoms with E-state index in [1.807, 2.05) is 13.8 Å². The van der Waals surface area contributed by atoms with Crippen molar-refractivity contribution in [2.75, 3.05) is 11.9 Å². The number of nitrogens with one attached hydrogen (secondary N) is 2. The average molecular weight is 398 g/mol. The predicted molar refractivity (Wildman–Crippen MR) is 107 cm³/mol. The maximum Gasteiger partial charge on any atom is 0.273 e. The highest BCUT2D eigenvalue weighted by Gasteiger charge is 2.32. The SMILES string of the molecule is CC(=O)Nc1ccc(C(=O)N2CCCCC2c2cc(C(=O)NC(C)C)no2)cc1. The first kappa shape index (κ1) is 20.6. The Balaban J connectivity index is 1.77. The molecule has 1 fully saturated rings. The van der Waals surface area contributed by atoms with Gasteiger partial charge in [-0.25, -0.2) is 0 Å². The Bertz CT molecular complexity index is 888. The summed E-state index contributed by atoms with van der Waals surface area (Å²) < 4.78 is 5.43. The molecule has 0 radical (unpaired) electrons. The summed E-state index contributed by atoms with van der Waals surface area (Å²) >= 11 is 0. The maximum absolute atomic E-state index is 13.1. The minimum atomic E-state index is -0.294. The summed E-state index contributed by atoms with van der Waals surface area (Å²) in [5.41, 5.74) is 1.38. The van der Waals surface area contributed by atoms with Crippen LogP contribution in [-0.4, -0.2) is 40.4 Å². The predicted octanol–water partition coefficient (Wildman–Crippen LogP) is 3.14. The molecule has 0 bridgehead atoms. The monoisotopic (exact) mass is 398 g/mol. The van der Waals surface area contributed by atoms with Crippen molar-refractivity contribution in [3.63, 3.8) is 0 Å². The fourth-order valence-electron chi connectivity index (χ4n) is 3.43. The number of anilines is 1. The fraction of sp³-hybridized carbons (Fsp3) is 0.429. The molecule has 8 heteroatoms. The molecule has 3 rings (SSSR count). The molecule has 2 heterocycles. The molecule has 1 aliphatic heterocycles. The molecule has 1 saturated heterocycles. The van der Waals surface area contributed by atoms with E-state index in [0.29, 0.717) is 23.6 Å². The van der Waals surface area contributed by atoms with Gasteiger partial charge >= 0.3 is 0 Å². The largest absolute Gasteiger partial charge is 0.358 e. The number of hydrogen-bond donors (Lipinski definition) is 2. The Labute approximate surface area is 169 Å². The van der Waals surface area contributed by atoms with Crippen molar-refractivity contribution < 1.29 is 18.9 Å². The summed E-state index contributed by atoms with van der Waals surface area (Å²) in [7, 11) is 0. The Morgan fingerprint density at radius 2 is 1.90 bits per heavy atom. The summed E-state index contributed by atoms with van der Waals surface area (Å²) in [5, 5.41) is 9.35. The third kappa shape index (κ3) is 5.01. The van der Waals surface area contributed by atoms with Crippen LogP contribution >= 0.6 is 0 Å². The van der Waals surface area contributed by atoms with Gasteiger partial charge in [-0.3, -0.25) is 14.4 Å². The second kappa shape index (κ2) is 8.89. The Hall–Kier alpha value is -3.16. The summed E-state index contributed by atoms with van der Waals surface area (Å²) in [5.74, 6) is -0.0597. The lowest BCUT2D eigenvalue weighted by molar-refractivity contribution is -0.114. The molecule has 3 amide bonds. The average Bonchev–Trinajstić information content (AvgIpc) is 3.17. The van der Waals surface area contributed by atoms with Gasteiger partial charge in [-0.2, -0.15) is 0 Å². The van der Waals surface area contributed by atoms with E-state index in [0.717, 1.165) is 19.3 Å². The van der Waals surface area contributed by atoms with Gasteiger partial charge in [0.2, 0.25) is 5.91 Å². The molecule has 2 N–H and O–H groups in total. The lowest BCUT2D eigenvalue weighted by atomic mass is 9.98. The second-order valence-corrected chi connectivity index (χ2v) is 7.51. The quantitative estimate of drug-likeness (QED) is 0.805. The van der Waals surface area contributed by atoms with Crippen LogP contribution in [0, 0.1) is 0 Å². The number of likely N-dealkylation sites (tertiary alicyclic amines) is 1. The minimum Gasteiger partial charge on any atom is -0.358 e. The number of benzene rings is 1. The molecule has 1 aliphatic rings. The number of nitrogens with zero attached hydrogens (tertiary/aromatic N) is 2. The first-order valence-electron chi connectivity index (χ1n) is 9.81. The van der Waals surface area contributed by atoms with E-state index >= 15 is 0 Å². The van der Waals surface area contributed by atoms with Crippen molar-refractivity contribution in [2.24, 2.45) is 0 Å². The zero-order valence-corrected chi connectivity index (χ0v) is 16.9. The number of carbonyl (C=O) groups excluding carboxylic acids is 3. The van der Waals surface area contributed by atoms with Gasteiger partial charge in [0, 0.05) is 36.8 Å². The number of amides is 3. The van der Waals surface area contributed by atoms with Crippen LogP contribution < -0.4 is 10.6 Å². The van der Waals surface area contributed by atoms with Gasteiger partial charge in [-0.05, 0) is 57.4 Å². The molecular weight excluding hydrogens is 372 g/mol. The van der Waals surface area contributed by atoms with Crippen molar-refractivity contribution in [3.8, 4) is 0 Å². The molecule has 1 unspecified atom stereocenters. The highest BCUT2D eigenvalue weighted by Crippen LogP contribution is 2.32. The van der Waals surface area contributed by atoms with Crippen LogP contribution in [0.1, 0.15) is 72.7 Å². The summed E-state index contributed by atoms with van der Waals surface area (Å²) in [4.78, 5) is 38.2. The Morgan fingerprint density at radius 1 is 1.17 bits per heavy atom. The number of piperidine rings is 1.